The van der Waals surface area contributed by atoms with E-state index in [0.29, 0.717) is 31.8 Å². The SMILES string of the molecule is C[C@@H](NC(=O)C1CCN(C(=O)c2ccc(F)cc2F)CC1)[C@H]1C[C@H]2CC[C@H]1C2. The topological polar surface area (TPSA) is 49.4 Å². The largest absolute Gasteiger partial charge is 0.353 e. The molecule has 0 radical (unpaired) electrons. The fourth-order valence-electron chi connectivity index (χ4n) is 5.53. The molecule has 0 aromatic heterocycles. The van der Waals surface area contributed by atoms with Crippen LogP contribution in [0.1, 0.15) is 55.8 Å². The highest BCUT2D eigenvalue weighted by Crippen LogP contribution is 2.49. The second kappa shape index (κ2) is 7.80. The van der Waals surface area contributed by atoms with Crippen molar-refractivity contribution < 1.29 is 18.4 Å². The average Bonchev–Trinajstić information content (AvgIpc) is 3.31. The smallest absolute Gasteiger partial charge is 0.256 e. The number of nitrogens with one attached hydrogen (secondary N) is 1. The average molecular weight is 390 g/mol. The summed E-state index contributed by atoms with van der Waals surface area (Å²) < 4.78 is 26.9. The highest BCUT2D eigenvalue weighted by molar-refractivity contribution is 5.94. The number of fused-ring (bicyclic) bond motifs is 2. The van der Waals surface area contributed by atoms with E-state index in [0.717, 1.165) is 24.0 Å². The first kappa shape index (κ1) is 19.3. The summed E-state index contributed by atoms with van der Waals surface area (Å²) in [5.41, 5.74) is -0.116. The van der Waals surface area contributed by atoms with Crippen LogP contribution in [0.5, 0.6) is 0 Å². The lowest BCUT2D eigenvalue weighted by Gasteiger charge is -2.34. The Labute approximate surface area is 164 Å². The molecule has 1 heterocycles. The van der Waals surface area contributed by atoms with Gasteiger partial charge in [-0.25, -0.2) is 8.78 Å². The highest BCUT2D eigenvalue weighted by Gasteiger charge is 2.42. The Balaban J connectivity index is 1.28. The maximum Gasteiger partial charge on any atom is 0.256 e. The van der Waals surface area contributed by atoms with Gasteiger partial charge in [0.15, 0.2) is 0 Å². The van der Waals surface area contributed by atoms with Crippen molar-refractivity contribution in [2.24, 2.45) is 23.7 Å². The molecule has 0 unspecified atom stereocenters. The van der Waals surface area contributed by atoms with Crippen LogP contribution in [-0.2, 0) is 4.79 Å². The van der Waals surface area contributed by atoms with Gasteiger partial charge in [-0.15, -0.1) is 0 Å². The van der Waals surface area contributed by atoms with Gasteiger partial charge in [0, 0.05) is 31.1 Å². The molecule has 4 atom stereocenters. The normalized spacial score (nSPS) is 28.4. The number of hydrogen-bond acceptors (Lipinski definition) is 2. The molecule has 3 aliphatic rings. The molecule has 1 N–H and O–H groups in total. The summed E-state index contributed by atoms with van der Waals surface area (Å²) in [6, 6.07) is 3.21. The van der Waals surface area contributed by atoms with Crippen molar-refractivity contribution in [3.05, 3.63) is 35.4 Å². The van der Waals surface area contributed by atoms with E-state index in [1.54, 1.807) is 4.90 Å². The van der Waals surface area contributed by atoms with Gasteiger partial charge in [0.05, 0.1) is 5.56 Å². The zero-order valence-corrected chi connectivity index (χ0v) is 16.3. The third-order valence-electron chi connectivity index (χ3n) is 7.12. The molecule has 2 saturated carbocycles. The minimum absolute atomic E-state index is 0.0790. The quantitative estimate of drug-likeness (QED) is 0.851. The van der Waals surface area contributed by atoms with Crippen molar-refractivity contribution in [3.8, 4) is 0 Å². The van der Waals surface area contributed by atoms with Crippen molar-refractivity contribution in [2.45, 2.75) is 51.5 Å². The third-order valence-corrected chi connectivity index (χ3v) is 7.12. The minimum atomic E-state index is -0.843. The number of benzene rings is 1. The van der Waals surface area contributed by atoms with E-state index in [9.17, 15) is 18.4 Å². The molecule has 0 spiro atoms. The summed E-state index contributed by atoms with van der Waals surface area (Å²) in [6.45, 7) is 2.95. The Morgan fingerprint density at radius 1 is 1.11 bits per heavy atom. The van der Waals surface area contributed by atoms with Gasteiger partial charge in [0.25, 0.3) is 5.91 Å². The van der Waals surface area contributed by atoms with E-state index >= 15 is 0 Å². The summed E-state index contributed by atoms with van der Waals surface area (Å²) >= 11 is 0. The van der Waals surface area contributed by atoms with Crippen molar-refractivity contribution >= 4 is 11.8 Å². The Hall–Kier alpha value is -1.98. The van der Waals surface area contributed by atoms with E-state index in [1.807, 2.05) is 0 Å². The van der Waals surface area contributed by atoms with Crippen molar-refractivity contribution in [2.75, 3.05) is 13.1 Å². The standard InChI is InChI=1S/C22H28F2N2O2/c1-13(19-11-14-2-3-16(19)10-14)25-21(27)15-6-8-26(9-7-15)22(28)18-5-4-17(23)12-20(18)24/h4-5,12-16,19H,2-3,6-11H2,1H3,(H,25,27)/t13-,14+,16+,19-/m1/s1. The number of likely N-dealkylation sites (tertiary alicyclic amines) is 1. The van der Waals surface area contributed by atoms with Crippen LogP contribution in [0.3, 0.4) is 0 Å². The number of nitrogens with zero attached hydrogens (tertiary/aromatic N) is 1. The molecule has 3 fully saturated rings. The van der Waals surface area contributed by atoms with E-state index in [1.165, 1.54) is 31.7 Å². The lowest BCUT2D eigenvalue weighted by atomic mass is 9.83. The molecule has 152 valence electrons. The molecule has 4 rings (SSSR count). The van der Waals surface area contributed by atoms with Crippen LogP contribution in [0.15, 0.2) is 18.2 Å². The first-order valence-corrected chi connectivity index (χ1v) is 10.5. The molecule has 1 saturated heterocycles. The van der Waals surface area contributed by atoms with E-state index in [2.05, 4.69) is 12.2 Å². The summed E-state index contributed by atoms with van der Waals surface area (Å²) in [7, 11) is 0. The maximum atomic E-state index is 13.9. The lowest BCUT2D eigenvalue weighted by molar-refractivity contribution is -0.127. The van der Waals surface area contributed by atoms with Crippen LogP contribution in [0.2, 0.25) is 0 Å². The number of halogens is 2. The van der Waals surface area contributed by atoms with Crippen LogP contribution in [0, 0.1) is 35.3 Å². The molecule has 2 amide bonds. The molecule has 1 aliphatic heterocycles. The van der Waals surface area contributed by atoms with Gasteiger partial charge < -0.3 is 10.2 Å². The van der Waals surface area contributed by atoms with Gasteiger partial charge in [-0.1, -0.05) is 6.42 Å². The maximum absolute atomic E-state index is 13.9. The Bertz CT molecular complexity index is 761. The van der Waals surface area contributed by atoms with Gasteiger partial charge in [0.1, 0.15) is 11.6 Å². The predicted molar refractivity (Wildman–Crippen MR) is 102 cm³/mol. The van der Waals surface area contributed by atoms with Gasteiger partial charge in [0.2, 0.25) is 5.91 Å². The molecular formula is C22H28F2N2O2. The van der Waals surface area contributed by atoms with Crippen LogP contribution >= 0.6 is 0 Å². The molecule has 4 nitrogen and oxygen atoms in total. The molecule has 1 aromatic rings. The number of hydrogen-bond donors (Lipinski definition) is 1. The zero-order chi connectivity index (χ0) is 19.8. The molecule has 28 heavy (non-hydrogen) atoms. The predicted octanol–water partition coefficient (Wildman–Crippen LogP) is 3.76. The van der Waals surface area contributed by atoms with E-state index < -0.39 is 17.5 Å². The van der Waals surface area contributed by atoms with Crippen LogP contribution in [-0.4, -0.2) is 35.8 Å². The van der Waals surface area contributed by atoms with Crippen molar-refractivity contribution in [1.29, 1.82) is 0 Å². The Kier molecular flexibility index (Phi) is 5.39. The zero-order valence-electron chi connectivity index (χ0n) is 16.3. The van der Waals surface area contributed by atoms with Crippen LogP contribution < -0.4 is 5.32 Å². The third kappa shape index (κ3) is 3.78. The monoisotopic (exact) mass is 390 g/mol. The van der Waals surface area contributed by atoms with Gasteiger partial charge in [-0.2, -0.15) is 0 Å². The second-order valence-corrected chi connectivity index (χ2v) is 8.83. The fraction of sp³-hybridized carbons (Fsp3) is 0.636. The first-order valence-electron chi connectivity index (χ1n) is 10.5. The van der Waals surface area contributed by atoms with Crippen molar-refractivity contribution in [3.63, 3.8) is 0 Å². The van der Waals surface area contributed by atoms with E-state index in [-0.39, 0.29) is 23.4 Å². The number of amides is 2. The Morgan fingerprint density at radius 2 is 1.86 bits per heavy atom. The molecule has 2 aliphatic carbocycles. The second-order valence-electron chi connectivity index (χ2n) is 8.83. The molecule has 2 bridgehead atoms. The summed E-state index contributed by atoms with van der Waals surface area (Å²) in [4.78, 5) is 26.7. The van der Waals surface area contributed by atoms with Crippen molar-refractivity contribution in [1.82, 2.24) is 10.2 Å². The minimum Gasteiger partial charge on any atom is -0.353 e. The first-order chi connectivity index (χ1) is 13.4. The molecule has 1 aromatic carbocycles. The summed E-state index contributed by atoms with van der Waals surface area (Å²) in [6.07, 6.45) is 6.36. The number of carbonyl (C=O) groups excluding carboxylic acids is 2. The lowest BCUT2D eigenvalue weighted by Crippen LogP contribution is -2.47. The fourth-order valence-corrected chi connectivity index (χ4v) is 5.53. The molecular weight excluding hydrogens is 362 g/mol. The van der Waals surface area contributed by atoms with Crippen LogP contribution in [0.4, 0.5) is 8.78 Å². The number of rotatable bonds is 4. The Morgan fingerprint density at radius 3 is 2.46 bits per heavy atom. The van der Waals surface area contributed by atoms with Gasteiger partial charge >= 0.3 is 0 Å². The van der Waals surface area contributed by atoms with E-state index in [4.69, 9.17) is 0 Å². The number of carbonyl (C=O) groups is 2. The summed E-state index contributed by atoms with van der Waals surface area (Å²) in [5, 5.41) is 3.22. The summed E-state index contributed by atoms with van der Waals surface area (Å²) in [5.74, 6) is 0.218. The van der Waals surface area contributed by atoms with Crippen LogP contribution in [0.25, 0.3) is 0 Å². The van der Waals surface area contributed by atoms with Gasteiger partial charge in [-0.3, -0.25) is 9.59 Å². The highest BCUT2D eigenvalue weighted by atomic mass is 19.1. The number of piperidine rings is 1. The van der Waals surface area contributed by atoms with Gasteiger partial charge in [-0.05, 0) is 68.9 Å². The molecule has 6 heteroatoms.